The fraction of sp³-hybridized carbons (Fsp3) is 0.480. The van der Waals surface area contributed by atoms with Gasteiger partial charge in [-0.1, -0.05) is 36.4 Å². The van der Waals surface area contributed by atoms with Gasteiger partial charge in [0.15, 0.2) is 17.3 Å². The Morgan fingerprint density at radius 3 is 2.73 bits per heavy atom. The second-order valence-corrected chi connectivity index (χ2v) is 8.79. The molecule has 0 radical (unpaired) electrons. The first-order valence-electron chi connectivity index (χ1n) is 10.8. The van der Waals surface area contributed by atoms with Gasteiger partial charge in [-0.2, -0.15) is 0 Å². The number of methoxy groups -OCH3 is 2. The molecule has 5 rings (SSSR count). The van der Waals surface area contributed by atoms with Crippen molar-refractivity contribution in [1.29, 1.82) is 0 Å². The third-order valence-electron chi connectivity index (χ3n) is 7.37. The first-order chi connectivity index (χ1) is 14.7. The molecule has 2 aromatic carbocycles. The fourth-order valence-corrected chi connectivity index (χ4v) is 6.02. The van der Waals surface area contributed by atoms with Crippen LogP contribution in [0.5, 0.6) is 11.5 Å². The Labute approximate surface area is 177 Å². The lowest BCUT2D eigenvalue weighted by Crippen LogP contribution is -2.63. The van der Waals surface area contributed by atoms with Gasteiger partial charge in [-0.05, 0) is 48.9 Å². The third-order valence-corrected chi connectivity index (χ3v) is 7.37. The van der Waals surface area contributed by atoms with Gasteiger partial charge in [-0.3, -0.25) is 4.79 Å². The van der Waals surface area contributed by atoms with Gasteiger partial charge in [-0.25, -0.2) is 0 Å². The number of nitrogens with one attached hydrogen (secondary N) is 1. The number of benzene rings is 2. The molecule has 5 heteroatoms. The van der Waals surface area contributed by atoms with Crippen molar-refractivity contribution in [1.82, 2.24) is 5.32 Å². The van der Waals surface area contributed by atoms with Crippen LogP contribution in [-0.2, 0) is 28.0 Å². The lowest BCUT2D eigenvalue weighted by molar-refractivity contribution is -0.139. The minimum absolute atomic E-state index is 0.207. The van der Waals surface area contributed by atoms with Crippen LogP contribution in [-0.4, -0.2) is 38.7 Å². The van der Waals surface area contributed by atoms with E-state index in [1.165, 1.54) is 11.1 Å². The smallest absolute Gasteiger partial charge is 0.165 e. The van der Waals surface area contributed by atoms with E-state index in [1.54, 1.807) is 14.2 Å². The van der Waals surface area contributed by atoms with E-state index in [2.05, 4.69) is 23.5 Å². The van der Waals surface area contributed by atoms with Crippen molar-refractivity contribution in [3.63, 3.8) is 0 Å². The molecule has 3 aliphatic rings. The van der Waals surface area contributed by atoms with E-state index < -0.39 is 0 Å². The second-order valence-electron chi connectivity index (χ2n) is 8.79. The molecule has 2 aliphatic carbocycles. The molecule has 2 fully saturated rings. The molecule has 1 saturated heterocycles. The predicted molar refractivity (Wildman–Crippen MR) is 114 cm³/mol. The number of fused-ring (bicyclic) bond motifs is 1. The van der Waals surface area contributed by atoms with Crippen LogP contribution in [0.25, 0.3) is 0 Å². The predicted octanol–water partition coefficient (Wildman–Crippen LogP) is 3.42. The molecule has 4 atom stereocenters. The molecule has 2 unspecified atom stereocenters. The average Bonchev–Trinajstić information content (AvgIpc) is 2.77. The van der Waals surface area contributed by atoms with E-state index in [-0.39, 0.29) is 17.3 Å². The highest BCUT2D eigenvalue weighted by molar-refractivity contribution is 5.86. The summed E-state index contributed by atoms with van der Waals surface area (Å²) in [5.41, 5.74) is 3.37. The van der Waals surface area contributed by atoms with E-state index in [0.717, 1.165) is 42.9 Å². The number of ether oxygens (including phenoxy) is 3. The van der Waals surface area contributed by atoms with E-state index in [0.29, 0.717) is 25.0 Å². The summed E-state index contributed by atoms with van der Waals surface area (Å²) < 4.78 is 17.7. The lowest BCUT2D eigenvalue weighted by Gasteiger charge is -2.56. The number of carbonyl (C=O) groups is 1. The Balaban J connectivity index is 1.61. The Morgan fingerprint density at radius 1 is 1.13 bits per heavy atom. The maximum Gasteiger partial charge on any atom is 0.165 e. The summed E-state index contributed by atoms with van der Waals surface area (Å²) in [6.07, 6.45) is 2.85. The van der Waals surface area contributed by atoms with Gasteiger partial charge >= 0.3 is 0 Å². The Kier molecular flexibility index (Phi) is 5.03. The summed E-state index contributed by atoms with van der Waals surface area (Å²) in [5, 5.41) is 3.71. The molecular weight excluding hydrogens is 378 g/mol. The van der Waals surface area contributed by atoms with E-state index in [1.807, 2.05) is 24.3 Å². The number of carbonyl (C=O) groups excluding carboxylic acids is 1. The highest BCUT2D eigenvalue weighted by atomic mass is 16.5. The molecule has 0 spiro atoms. The lowest BCUT2D eigenvalue weighted by atomic mass is 9.52. The molecule has 2 aromatic rings. The molecule has 0 aromatic heterocycles. The van der Waals surface area contributed by atoms with Gasteiger partial charge in [0.05, 0.1) is 7.11 Å². The number of ketones is 1. The van der Waals surface area contributed by atoms with Crippen LogP contribution in [0.15, 0.2) is 42.5 Å². The van der Waals surface area contributed by atoms with Crippen LogP contribution in [0.2, 0.25) is 0 Å². The molecule has 2 bridgehead atoms. The molecule has 30 heavy (non-hydrogen) atoms. The molecule has 5 nitrogen and oxygen atoms in total. The minimum Gasteiger partial charge on any atom is -0.493 e. The third kappa shape index (κ3) is 3.03. The monoisotopic (exact) mass is 407 g/mol. The number of rotatable bonds is 5. The van der Waals surface area contributed by atoms with Crippen LogP contribution >= 0.6 is 0 Å². The van der Waals surface area contributed by atoms with Crippen LogP contribution in [0.3, 0.4) is 0 Å². The Morgan fingerprint density at radius 2 is 1.97 bits per heavy atom. The van der Waals surface area contributed by atoms with Gasteiger partial charge < -0.3 is 19.5 Å². The Hall–Kier alpha value is -2.37. The highest BCUT2D eigenvalue weighted by Gasteiger charge is 2.57. The van der Waals surface area contributed by atoms with Crippen LogP contribution < -0.4 is 14.8 Å². The zero-order valence-electron chi connectivity index (χ0n) is 17.6. The second kappa shape index (κ2) is 7.71. The average molecular weight is 408 g/mol. The Bertz CT molecular complexity index is 944. The summed E-state index contributed by atoms with van der Waals surface area (Å²) in [6, 6.07) is 14.7. The first-order valence-corrected chi connectivity index (χ1v) is 10.8. The van der Waals surface area contributed by atoms with E-state index in [4.69, 9.17) is 14.2 Å². The maximum atomic E-state index is 13.0. The molecule has 1 heterocycles. The standard InChI is InChI=1S/C25H29NO4/c1-28-21-9-8-17-12-19-18-13-22(29-2)20(27)14-25(18,10-11-26-19)23(17)24(21)30-15-16-6-4-3-5-7-16/h3-9,18-19,22,26H,10-15H2,1-2H3/t18-,19?,22?,25-/m1/s1. The summed E-state index contributed by atoms with van der Waals surface area (Å²) in [6.45, 7) is 1.39. The molecule has 158 valence electrons. The topological polar surface area (TPSA) is 56.8 Å². The summed E-state index contributed by atoms with van der Waals surface area (Å²) >= 11 is 0. The number of Topliss-reactive ketones (excluding diaryl/α,β-unsaturated/α-hetero) is 1. The van der Waals surface area contributed by atoms with Crippen molar-refractivity contribution < 1.29 is 19.0 Å². The van der Waals surface area contributed by atoms with E-state index >= 15 is 0 Å². The summed E-state index contributed by atoms with van der Waals surface area (Å²) in [7, 11) is 3.34. The summed E-state index contributed by atoms with van der Waals surface area (Å²) in [5.74, 6) is 2.12. The normalized spacial score (nSPS) is 29.7. The first kappa shape index (κ1) is 19.6. The minimum atomic E-state index is -0.300. The van der Waals surface area contributed by atoms with Gasteiger partial charge in [0.1, 0.15) is 12.7 Å². The largest absolute Gasteiger partial charge is 0.493 e. The summed E-state index contributed by atoms with van der Waals surface area (Å²) in [4.78, 5) is 13.0. The highest BCUT2D eigenvalue weighted by Crippen LogP contribution is 2.57. The zero-order chi connectivity index (χ0) is 20.7. The molecule has 1 aliphatic heterocycles. The molecule has 0 amide bonds. The maximum absolute atomic E-state index is 13.0. The van der Waals surface area contributed by atoms with Gasteiger partial charge in [-0.15, -0.1) is 0 Å². The zero-order valence-corrected chi connectivity index (χ0v) is 17.6. The van der Waals surface area contributed by atoms with E-state index in [9.17, 15) is 4.79 Å². The number of piperidine rings is 1. The van der Waals surface area contributed by atoms with Crippen LogP contribution in [0.4, 0.5) is 0 Å². The SMILES string of the molecule is COc1ccc2c(c1OCc1ccccc1)[C@@]13CCNC(C2)[C@H]1CC(OC)C(=O)C3. The quantitative estimate of drug-likeness (QED) is 0.823. The fourth-order valence-electron chi connectivity index (χ4n) is 6.02. The van der Waals surface area contributed by atoms with Crippen molar-refractivity contribution in [2.24, 2.45) is 5.92 Å². The van der Waals surface area contributed by atoms with Crippen molar-refractivity contribution in [2.45, 2.75) is 49.9 Å². The molecule has 1 N–H and O–H groups in total. The number of hydrogen-bond acceptors (Lipinski definition) is 5. The van der Waals surface area contributed by atoms with Gasteiger partial charge in [0.2, 0.25) is 0 Å². The van der Waals surface area contributed by atoms with Crippen molar-refractivity contribution in [3.05, 3.63) is 59.2 Å². The molecular formula is C25H29NO4. The number of hydrogen-bond donors (Lipinski definition) is 1. The van der Waals surface area contributed by atoms with Crippen molar-refractivity contribution in [2.75, 3.05) is 20.8 Å². The molecule has 1 saturated carbocycles. The van der Waals surface area contributed by atoms with Crippen LogP contribution in [0, 0.1) is 5.92 Å². The van der Waals surface area contributed by atoms with Gasteiger partial charge in [0, 0.05) is 30.6 Å². The van der Waals surface area contributed by atoms with Crippen LogP contribution in [0.1, 0.15) is 36.0 Å². The van der Waals surface area contributed by atoms with Crippen molar-refractivity contribution in [3.8, 4) is 11.5 Å². The van der Waals surface area contributed by atoms with Gasteiger partial charge in [0.25, 0.3) is 0 Å². The van der Waals surface area contributed by atoms with Crippen molar-refractivity contribution >= 4 is 5.78 Å².